The number of phenolic OH excluding ortho intramolecular Hbond substituents is 1. The van der Waals surface area contributed by atoms with Crippen molar-refractivity contribution in [1.82, 2.24) is 0 Å². The first-order valence-electron chi connectivity index (χ1n) is 5.05. The van der Waals surface area contributed by atoms with Crippen LogP contribution in [0.3, 0.4) is 0 Å². The van der Waals surface area contributed by atoms with E-state index in [1.54, 1.807) is 18.2 Å². The minimum Gasteiger partial charge on any atom is -0.508 e. The topological polar surface area (TPSA) is 66.4 Å². The molecule has 2 rings (SSSR count). The number of sulfonamides is 1. The van der Waals surface area contributed by atoms with Crippen LogP contribution in [-0.4, -0.2) is 13.5 Å². The zero-order valence-electron chi connectivity index (χ0n) is 9.17. The van der Waals surface area contributed by atoms with Crippen LogP contribution in [0.4, 0.5) is 5.69 Å². The van der Waals surface area contributed by atoms with Crippen LogP contribution < -0.4 is 4.72 Å². The minimum absolute atomic E-state index is 0.0298. The number of para-hydroxylation sites is 1. The van der Waals surface area contributed by atoms with Crippen LogP contribution in [0.5, 0.6) is 5.75 Å². The molecule has 0 fully saturated rings. The number of phenols is 1. The van der Waals surface area contributed by atoms with E-state index >= 15 is 0 Å². The van der Waals surface area contributed by atoms with Gasteiger partial charge in [-0.3, -0.25) is 4.72 Å². The van der Waals surface area contributed by atoms with Gasteiger partial charge < -0.3 is 5.11 Å². The standard InChI is InChI=1S/C12H10INO3S/c13-11-6-1-2-7-12(11)14-18(16,17)10-5-3-4-9(15)8-10/h1-8,14-15H. The number of rotatable bonds is 3. The van der Waals surface area contributed by atoms with Crippen molar-refractivity contribution >= 4 is 38.3 Å². The largest absolute Gasteiger partial charge is 0.508 e. The molecule has 0 radical (unpaired) electrons. The van der Waals surface area contributed by atoms with E-state index < -0.39 is 10.0 Å². The lowest BCUT2D eigenvalue weighted by Crippen LogP contribution is -2.13. The van der Waals surface area contributed by atoms with E-state index in [4.69, 9.17) is 0 Å². The Hall–Kier alpha value is -1.28. The molecule has 94 valence electrons. The maximum atomic E-state index is 12.1. The Labute approximate surface area is 119 Å². The summed E-state index contributed by atoms with van der Waals surface area (Å²) in [6.07, 6.45) is 0. The summed E-state index contributed by atoms with van der Waals surface area (Å²) in [5, 5.41) is 9.30. The number of aromatic hydroxyl groups is 1. The second-order valence-electron chi connectivity index (χ2n) is 3.58. The van der Waals surface area contributed by atoms with Crippen molar-refractivity contribution in [2.24, 2.45) is 0 Å². The van der Waals surface area contributed by atoms with Crippen molar-refractivity contribution in [3.63, 3.8) is 0 Å². The van der Waals surface area contributed by atoms with E-state index in [9.17, 15) is 13.5 Å². The van der Waals surface area contributed by atoms with E-state index in [1.165, 1.54) is 24.3 Å². The lowest BCUT2D eigenvalue weighted by Gasteiger charge is -2.09. The monoisotopic (exact) mass is 375 g/mol. The molecular formula is C12H10INO3S. The van der Waals surface area contributed by atoms with E-state index in [0.29, 0.717) is 5.69 Å². The Bertz CT molecular complexity index is 671. The number of nitrogens with one attached hydrogen (secondary N) is 1. The normalized spacial score (nSPS) is 11.2. The van der Waals surface area contributed by atoms with Gasteiger partial charge in [-0.05, 0) is 46.9 Å². The zero-order valence-corrected chi connectivity index (χ0v) is 12.1. The molecule has 0 aliphatic carbocycles. The Balaban J connectivity index is 2.37. The van der Waals surface area contributed by atoms with Gasteiger partial charge in [0.25, 0.3) is 10.0 Å². The van der Waals surface area contributed by atoms with Crippen LogP contribution in [0, 0.1) is 3.57 Å². The molecule has 0 saturated carbocycles. The van der Waals surface area contributed by atoms with Gasteiger partial charge in [0, 0.05) is 9.64 Å². The Morgan fingerprint density at radius 3 is 2.44 bits per heavy atom. The first-order valence-corrected chi connectivity index (χ1v) is 7.61. The molecule has 0 heterocycles. The van der Waals surface area contributed by atoms with Crippen LogP contribution in [-0.2, 0) is 10.0 Å². The molecule has 0 aliphatic heterocycles. The molecule has 0 aromatic heterocycles. The highest BCUT2D eigenvalue weighted by Gasteiger charge is 2.15. The van der Waals surface area contributed by atoms with E-state index in [1.807, 2.05) is 6.07 Å². The minimum atomic E-state index is -3.67. The van der Waals surface area contributed by atoms with Crippen LogP contribution >= 0.6 is 22.6 Å². The highest BCUT2D eigenvalue weighted by Crippen LogP contribution is 2.22. The van der Waals surface area contributed by atoms with Crippen molar-refractivity contribution in [2.75, 3.05) is 4.72 Å². The van der Waals surface area contributed by atoms with Crippen LogP contribution in [0.2, 0.25) is 0 Å². The third kappa shape index (κ3) is 2.94. The summed E-state index contributed by atoms with van der Waals surface area (Å²) in [6, 6.07) is 12.6. The Morgan fingerprint density at radius 2 is 1.78 bits per heavy atom. The number of hydrogen-bond donors (Lipinski definition) is 2. The van der Waals surface area contributed by atoms with Crippen LogP contribution in [0.25, 0.3) is 0 Å². The summed E-state index contributed by atoms with van der Waals surface area (Å²) in [7, 11) is -3.67. The molecule has 2 N–H and O–H groups in total. The fourth-order valence-electron chi connectivity index (χ4n) is 1.40. The van der Waals surface area contributed by atoms with Gasteiger partial charge in [0.05, 0.1) is 10.6 Å². The second-order valence-corrected chi connectivity index (χ2v) is 6.43. The molecule has 0 bridgehead atoms. The maximum absolute atomic E-state index is 12.1. The van der Waals surface area contributed by atoms with E-state index in [2.05, 4.69) is 27.3 Å². The fraction of sp³-hybridized carbons (Fsp3) is 0. The van der Waals surface area contributed by atoms with Crippen molar-refractivity contribution in [3.8, 4) is 5.75 Å². The number of hydrogen-bond acceptors (Lipinski definition) is 3. The molecule has 0 aliphatic rings. The van der Waals surface area contributed by atoms with Gasteiger partial charge in [-0.1, -0.05) is 18.2 Å². The predicted octanol–water partition coefficient (Wildman–Crippen LogP) is 2.80. The predicted molar refractivity (Wildman–Crippen MR) is 78.1 cm³/mol. The number of halogens is 1. The van der Waals surface area contributed by atoms with Crippen molar-refractivity contribution in [2.45, 2.75) is 4.90 Å². The van der Waals surface area contributed by atoms with Crippen LogP contribution in [0.15, 0.2) is 53.4 Å². The van der Waals surface area contributed by atoms with Gasteiger partial charge in [0.15, 0.2) is 0 Å². The molecular weight excluding hydrogens is 365 g/mol. The average molecular weight is 375 g/mol. The quantitative estimate of drug-likeness (QED) is 0.811. The third-order valence-electron chi connectivity index (χ3n) is 2.25. The maximum Gasteiger partial charge on any atom is 0.262 e. The Morgan fingerprint density at radius 1 is 1.06 bits per heavy atom. The third-order valence-corrected chi connectivity index (χ3v) is 4.55. The van der Waals surface area contributed by atoms with E-state index in [-0.39, 0.29) is 10.6 Å². The van der Waals surface area contributed by atoms with E-state index in [0.717, 1.165) is 3.57 Å². The summed E-state index contributed by atoms with van der Waals surface area (Å²) in [6.45, 7) is 0. The second kappa shape index (κ2) is 5.15. The summed E-state index contributed by atoms with van der Waals surface area (Å²) >= 11 is 2.05. The molecule has 2 aromatic carbocycles. The molecule has 4 nitrogen and oxygen atoms in total. The van der Waals surface area contributed by atoms with Crippen LogP contribution in [0.1, 0.15) is 0 Å². The molecule has 0 amide bonds. The van der Waals surface area contributed by atoms with Gasteiger partial charge in [-0.15, -0.1) is 0 Å². The average Bonchev–Trinajstić information content (AvgIpc) is 2.32. The summed E-state index contributed by atoms with van der Waals surface area (Å²) in [4.78, 5) is 0.0298. The summed E-state index contributed by atoms with van der Waals surface area (Å²) in [5.74, 6) is -0.0827. The SMILES string of the molecule is O=S(=O)(Nc1ccccc1I)c1cccc(O)c1. The number of benzene rings is 2. The fourth-order valence-corrected chi connectivity index (χ4v) is 3.22. The van der Waals surface area contributed by atoms with Gasteiger partial charge in [-0.25, -0.2) is 8.42 Å². The summed E-state index contributed by atoms with van der Waals surface area (Å²) in [5.41, 5.74) is 0.515. The molecule has 6 heteroatoms. The highest BCUT2D eigenvalue weighted by molar-refractivity contribution is 14.1. The number of anilines is 1. The summed E-state index contributed by atoms with van der Waals surface area (Å²) < 4.78 is 27.4. The van der Waals surface area contributed by atoms with Crippen molar-refractivity contribution < 1.29 is 13.5 Å². The zero-order chi connectivity index (χ0) is 13.2. The van der Waals surface area contributed by atoms with Crippen molar-refractivity contribution in [1.29, 1.82) is 0 Å². The van der Waals surface area contributed by atoms with Gasteiger partial charge in [-0.2, -0.15) is 0 Å². The molecule has 0 atom stereocenters. The molecule has 2 aromatic rings. The molecule has 0 spiro atoms. The molecule has 0 saturated heterocycles. The first kappa shape index (κ1) is 13.2. The van der Waals surface area contributed by atoms with Gasteiger partial charge >= 0.3 is 0 Å². The lowest BCUT2D eigenvalue weighted by atomic mass is 10.3. The lowest BCUT2D eigenvalue weighted by molar-refractivity contribution is 0.473. The first-order chi connectivity index (χ1) is 8.49. The molecule has 0 unspecified atom stereocenters. The smallest absolute Gasteiger partial charge is 0.262 e. The highest BCUT2D eigenvalue weighted by atomic mass is 127. The van der Waals surface area contributed by atoms with Crippen molar-refractivity contribution in [3.05, 3.63) is 52.1 Å². The molecule has 18 heavy (non-hydrogen) atoms. The van der Waals surface area contributed by atoms with Gasteiger partial charge in [0.1, 0.15) is 5.75 Å². The Kier molecular flexibility index (Phi) is 3.76. The van der Waals surface area contributed by atoms with Gasteiger partial charge in [0.2, 0.25) is 0 Å².